The van der Waals surface area contributed by atoms with E-state index in [9.17, 15) is 14.9 Å². The first-order valence-corrected chi connectivity index (χ1v) is 7.72. The monoisotopic (exact) mass is 327 g/mol. The molecule has 0 atom stereocenters. The largest absolute Gasteiger partial charge is 0.384 e. The molecule has 0 aromatic heterocycles. The van der Waals surface area contributed by atoms with Crippen molar-refractivity contribution in [2.45, 2.75) is 20.3 Å². The summed E-state index contributed by atoms with van der Waals surface area (Å²) in [6.45, 7) is 4.75. The summed E-state index contributed by atoms with van der Waals surface area (Å²) in [6, 6.07) is 10.6. The molecule has 2 aromatic carbocycles. The van der Waals surface area contributed by atoms with Crippen LogP contribution in [0.4, 0.5) is 11.4 Å². The Hall–Kier alpha value is -2.89. The van der Waals surface area contributed by atoms with Crippen LogP contribution in [-0.4, -0.2) is 24.4 Å². The summed E-state index contributed by atoms with van der Waals surface area (Å²) in [7, 11) is 1.50. The number of carbonyl (C=O) groups excluding carboxylic acids is 1. The molecule has 6 nitrogen and oxygen atoms in total. The minimum Gasteiger partial charge on any atom is -0.384 e. The second-order valence-electron chi connectivity index (χ2n) is 5.74. The van der Waals surface area contributed by atoms with Gasteiger partial charge in [-0.1, -0.05) is 29.3 Å². The molecule has 2 N–H and O–H groups in total. The van der Waals surface area contributed by atoms with Gasteiger partial charge in [-0.3, -0.25) is 14.9 Å². The summed E-state index contributed by atoms with van der Waals surface area (Å²) in [4.78, 5) is 22.3. The lowest BCUT2D eigenvalue weighted by Crippen LogP contribution is -2.20. The number of rotatable bonds is 6. The number of amides is 1. The van der Waals surface area contributed by atoms with E-state index in [0.717, 1.165) is 6.42 Å². The summed E-state index contributed by atoms with van der Waals surface area (Å²) < 4.78 is 0. The van der Waals surface area contributed by atoms with Crippen molar-refractivity contribution in [3.63, 3.8) is 0 Å². The van der Waals surface area contributed by atoms with Crippen LogP contribution in [0.5, 0.6) is 0 Å². The van der Waals surface area contributed by atoms with Crippen LogP contribution < -0.4 is 10.6 Å². The average Bonchev–Trinajstić information content (AvgIpc) is 2.53. The molecule has 126 valence electrons. The van der Waals surface area contributed by atoms with Gasteiger partial charge in [0.1, 0.15) is 0 Å². The average molecular weight is 327 g/mol. The topological polar surface area (TPSA) is 84.3 Å². The Morgan fingerprint density at radius 3 is 2.38 bits per heavy atom. The van der Waals surface area contributed by atoms with E-state index in [4.69, 9.17) is 0 Å². The van der Waals surface area contributed by atoms with Gasteiger partial charge in [0.2, 0.25) is 0 Å². The lowest BCUT2D eigenvalue weighted by molar-refractivity contribution is -0.384. The van der Waals surface area contributed by atoms with Crippen LogP contribution in [0, 0.1) is 24.0 Å². The summed E-state index contributed by atoms with van der Waals surface area (Å²) in [6.07, 6.45) is 0.798. The van der Waals surface area contributed by atoms with Crippen molar-refractivity contribution >= 4 is 17.3 Å². The second kappa shape index (κ2) is 7.59. The molecule has 0 saturated carbocycles. The van der Waals surface area contributed by atoms with Gasteiger partial charge in [-0.25, -0.2) is 0 Å². The van der Waals surface area contributed by atoms with Crippen LogP contribution in [0.2, 0.25) is 0 Å². The van der Waals surface area contributed by atoms with E-state index in [2.05, 4.69) is 42.7 Å². The molecule has 0 saturated heterocycles. The highest BCUT2D eigenvalue weighted by molar-refractivity contribution is 6.00. The smallest absolute Gasteiger partial charge is 0.270 e. The number of hydrogen-bond donors (Lipinski definition) is 2. The molecule has 0 bridgehead atoms. The quantitative estimate of drug-likeness (QED) is 0.630. The number of aryl methyl sites for hydroxylation is 2. The number of benzene rings is 2. The van der Waals surface area contributed by atoms with E-state index >= 15 is 0 Å². The van der Waals surface area contributed by atoms with Crippen LogP contribution in [0.15, 0.2) is 36.4 Å². The van der Waals surface area contributed by atoms with Gasteiger partial charge >= 0.3 is 0 Å². The van der Waals surface area contributed by atoms with Gasteiger partial charge in [0.05, 0.1) is 10.5 Å². The molecule has 6 heteroatoms. The van der Waals surface area contributed by atoms with Crippen molar-refractivity contribution < 1.29 is 9.72 Å². The first-order chi connectivity index (χ1) is 11.4. The Balaban J connectivity index is 2.13. The molecular formula is C18H21N3O3. The molecule has 0 aliphatic carbocycles. The minimum atomic E-state index is -0.508. The Labute approximate surface area is 141 Å². The summed E-state index contributed by atoms with van der Waals surface area (Å²) in [5.74, 6) is -0.354. The number of nitro groups is 1. The van der Waals surface area contributed by atoms with E-state index in [0.29, 0.717) is 12.2 Å². The van der Waals surface area contributed by atoms with Crippen LogP contribution in [-0.2, 0) is 6.42 Å². The maximum absolute atomic E-state index is 12.0. The Morgan fingerprint density at radius 1 is 1.12 bits per heavy atom. The normalized spacial score (nSPS) is 10.3. The number of hydrogen-bond acceptors (Lipinski definition) is 4. The zero-order valence-corrected chi connectivity index (χ0v) is 14.1. The fraction of sp³-hybridized carbons (Fsp3) is 0.278. The fourth-order valence-electron chi connectivity index (χ4n) is 2.68. The van der Waals surface area contributed by atoms with Gasteiger partial charge in [0.25, 0.3) is 11.6 Å². The lowest BCUT2D eigenvalue weighted by Gasteiger charge is -2.12. The van der Waals surface area contributed by atoms with Crippen LogP contribution in [0.1, 0.15) is 27.0 Å². The maximum Gasteiger partial charge on any atom is 0.270 e. The van der Waals surface area contributed by atoms with Crippen LogP contribution in [0.25, 0.3) is 0 Å². The first-order valence-electron chi connectivity index (χ1n) is 7.72. The first kappa shape index (κ1) is 17.5. The highest BCUT2D eigenvalue weighted by Gasteiger charge is 2.15. The van der Waals surface area contributed by atoms with Gasteiger partial charge < -0.3 is 10.6 Å². The van der Waals surface area contributed by atoms with Gasteiger partial charge in [0.15, 0.2) is 0 Å². The van der Waals surface area contributed by atoms with E-state index in [1.807, 2.05) is 0 Å². The van der Waals surface area contributed by atoms with Gasteiger partial charge in [-0.15, -0.1) is 0 Å². The highest BCUT2D eigenvalue weighted by atomic mass is 16.6. The third kappa shape index (κ3) is 4.32. The third-order valence-corrected chi connectivity index (χ3v) is 3.70. The number of anilines is 1. The van der Waals surface area contributed by atoms with Gasteiger partial charge in [0, 0.05) is 31.4 Å². The third-order valence-electron chi connectivity index (χ3n) is 3.70. The highest BCUT2D eigenvalue weighted by Crippen LogP contribution is 2.22. The molecule has 24 heavy (non-hydrogen) atoms. The van der Waals surface area contributed by atoms with E-state index in [1.165, 1.54) is 35.9 Å². The predicted molar refractivity (Wildman–Crippen MR) is 94.6 cm³/mol. The Kier molecular flexibility index (Phi) is 5.52. The molecule has 0 aliphatic rings. The zero-order valence-electron chi connectivity index (χ0n) is 14.1. The van der Waals surface area contributed by atoms with Crippen molar-refractivity contribution in [1.82, 2.24) is 5.32 Å². The summed E-state index contributed by atoms with van der Waals surface area (Å²) >= 11 is 0. The fourth-order valence-corrected chi connectivity index (χ4v) is 2.68. The molecule has 0 fully saturated rings. The minimum absolute atomic E-state index is 0.103. The lowest BCUT2D eigenvalue weighted by atomic mass is 10.0. The van der Waals surface area contributed by atoms with Crippen molar-refractivity contribution in [3.8, 4) is 0 Å². The molecule has 0 heterocycles. The molecule has 0 radical (unpaired) electrons. The van der Waals surface area contributed by atoms with E-state index in [-0.39, 0.29) is 17.2 Å². The SMILES string of the molecule is CNC(=O)c1cc([N+](=O)[O-])ccc1NCCc1cc(C)cc(C)c1. The molecule has 0 spiro atoms. The standard InChI is InChI=1S/C18H21N3O3/c1-12-8-13(2)10-14(9-12)6-7-20-17-5-4-15(21(23)24)11-16(17)18(22)19-3/h4-5,8-11,20H,6-7H2,1-3H3,(H,19,22). The molecule has 1 amide bonds. The van der Waals surface area contributed by atoms with Gasteiger partial charge in [-0.05, 0) is 31.9 Å². The number of nitro benzene ring substituents is 1. The number of non-ortho nitro benzene ring substituents is 1. The Morgan fingerprint density at radius 2 is 1.79 bits per heavy atom. The zero-order chi connectivity index (χ0) is 17.7. The maximum atomic E-state index is 12.0. The number of nitrogens with zero attached hydrogens (tertiary/aromatic N) is 1. The van der Waals surface area contributed by atoms with Crippen LogP contribution >= 0.6 is 0 Å². The van der Waals surface area contributed by atoms with Crippen molar-refractivity contribution in [1.29, 1.82) is 0 Å². The summed E-state index contributed by atoms with van der Waals surface area (Å²) in [5.41, 5.74) is 4.39. The Bertz CT molecular complexity index is 752. The second-order valence-corrected chi connectivity index (χ2v) is 5.74. The molecule has 0 aliphatic heterocycles. The predicted octanol–water partition coefficient (Wildman–Crippen LogP) is 3.23. The molecule has 2 aromatic rings. The van der Waals surface area contributed by atoms with Crippen molar-refractivity contribution in [3.05, 3.63) is 68.8 Å². The number of nitrogens with one attached hydrogen (secondary N) is 2. The van der Waals surface area contributed by atoms with E-state index < -0.39 is 4.92 Å². The molecule has 2 rings (SSSR count). The molecular weight excluding hydrogens is 306 g/mol. The van der Waals surface area contributed by atoms with Crippen LogP contribution in [0.3, 0.4) is 0 Å². The van der Waals surface area contributed by atoms with Crippen molar-refractivity contribution in [2.75, 3.05) is 18.9 Å². The van der Waals surface area contributed by atoms with E-state index in [1.54, 1.807) is 6.07 Å². The summed E-state index contributed by atoms with van der Waals surface area (Å²) in [5, 5.41) is 16.6. The molecule has 0 unspecified atom stereocenters. The van der Waals surface area contributed by atoms with Crippen molar-refractivity contribution in [2.24, 2.45) is 0 Å². The number of carbonyl (C=O) groups is 1. The van der Waals surface area contributed by atoms with Gasteiger partial charge in [-0.2, -0.15) is 0 Å².